The number of furan rings is 1. The van der Waals surface area contributed by atoms with E-state index in [1.54, 1.807) is 30.2 Å². The van der Waals surface area contributed by atoms with Crippen LogP contribution in [0, 0.1) is 0 Å². The van der Waals surface area contributed by atoms with Gasteiger partial charge in [0.25, 0.3) is 5.91 Å². The molecule has 1 aliphatic heterocycles. The van der Waals surface area contributed by atoms with Gasteiger partial charge in [0.05, 0.1) is 13.2 Å². The SMILES string of the molecule is COc1cccc(N2C[C@@H](NC(=O)c3ccc(Br)o3)CC2=O)c1. The Morgan fingerprint density at radius 3 is 2.91 bits per heavy atom. The van der Waals surface area contributed by atoms with E-state index in [9.17, 15) is 9.59 Å². The third-order valence-electron chi connectivity index (χ3n) is 3.62. The van der Waals surface area contributed by atoms with Crippen molar-refractivity contribution in [3.63, 3.8) is 0 Å². The average Bonchev–Trinajstić information content (AvgIpc) is 3.13. The van der Waals surface area contributed by atoms with Crippen molar-refractivity contribution in [3.8, 4) is 5.75 Å². The Hall–Kier alpha value is -2.28. The van der Waals surface area contributed by atoms with Crippen LogP contribution >= 0.6 is 15.9 Å². The average molecular weight is 379 g/mol. The van der Waals surface area contributed by atoms with E-state index in [-0.39, 0.29) is 30.0 Å². The molecule has 2 aromatic rings. The molecule has 0 radical (unpaired) electrons. The predicted octanol–water partition coefficient (Wildman–Crippen LogP) is 2.59. The molecule has 1 aromatic carbocycles. The molecule has 0 unspecified atom stereocenters. The number of ether oxygens (including phenoxy) is 1. The summed E-state index contributed by atoms with van der Waals surface area (Å²) in [5.74, 6) is 0.526. The van der Waals surface area contributed by atoms with Crippen molar-refractivity contribution in [2.45, 2.75) is 12.5 Å². The van der Waals surface area contributed by atoms with Gasteiger partial charge >= 0.3 is 0 Å². The second kappa shape index (κ2) is 6.45. The highest BCUT2D eigenvalue weighted by atomic mass is 79.9. The molecule has 1 atom stereocenters. The van der Waals surface area contributed by atoms with Gasteiger partial charge in [0.2, 0.25) is 5.91 Å². The smallest absolute Gasteiger partial charge is 0.287 e. The maximum Gasteiger partial charge on any atom is 0.287 e. The van der Waals surface area contributed by atoms with Gasteiger partial charge in [0.1, 0.15) is 5.75 Å². The number of hydrogen-bond acceptors (Lipinski definition) is 4. The molecule has 1 aromatic heterocycles. The lowest BCUT2D eigenvalue weighted by atomic mass is 10.2. The Labute approximate surface area is 141 Å². The van der Waals surface area contributed by atoms with Crippen molar-refractivity contribution in [2.24, 2.45) is 0 Å². The molecular weight excluding hydrogens is 364 g/mol. The maximum absolute atomic E-state index is 12.2. The minimum absolute atomic E-state index is 0.0378. The molecule has 0 saturated carbocycles. The Bertz CT molecular complexity index is 743. The number of halogens is 1. The molecule has 1 aliphatic rings. The highest BCUT2D eigenvalue weighted by Crippen LogP contribution is 2.25. The molecule has 2 heterocycles. The Kier molecular flexibility index (Phi) is 4.38. The summed E-state index contributed by atoms with van der Waals surface area (Å²) in [6.45, 7) is 0.416. The molecule has 7 heteroatoms. The second-order valence-corrected chi connectivity index (χ2v) is 5.97. The van der Waals surface area contributed by atoms with E-state index < -0.39 is 0 Å². The molecule has 1 N–H and O–H groups in total. The van der Waals surface area contributed by atoms with Crippen LogP contribution in [0.25, 0.3) is 0 Å². The van der Waals surface area contributed by atoms with Gasteiger partial charge in [-0.2, -0.15) is 0 Å². The lowest BCUT2D eigenvalue weighted by molar-refractivity contribution is -0.117. The topological polar surface area (TPSA) is 71.8 Å². The number of anilines is 1. The number of nitrogens with zero attached hydrogens (tertiary/aromatic N) is 1. The number of nitrogens with one attached hydrogen (secondary N) is 1. The van der Waals surface area contributed by atoms with E-state index in [4.69, 9.17) is 9.15 Å². The second-order valence-electron chi connectivity index (χ2n) is 5.18. The lowest BCUT2D eigenvalue weighted by Gasteiger charge is -2.17. The van der Waals surface area contributed by atoms with Crippen molar-refractivity contribution in [1.29, 1.82) is 0 Å². The highest BCUT2D eigenvalue weighted by molar-refractivity contribution is 9.10. The number of benzene rings is 1. The first-order valence-electron chi connectivity index (χ1n) is 7.07. The normalized spacial score (nSPS) is 17.4. The number of carbonyl (C=O) groups is 2. The summed E-state index contributed by atoms with van der Waals surface area (Å²) >= 11 is 3.16. The molecule has 3 rings (SSSR count). The molecular formula is C16H15BrN2O4. The fourth-order valence-electron chi connectivity index (χ4n) is 2.53. The first-order chi connectivity index (χ1) is 11.1. The van der Waals surface area contributed by atoms with Gasteiger partial charge in [0.15, 0.2) is 10.4 Å². The third-order valence-corrected chi connectivity index (χ3v) is 4.05. The summed E-state index contributed by atoms with van der Waals surface area (Å²) in [6.07, 6.45) is 0.255. The van der Waals surface area contributed by atoms with E-state index in [0.29, 0.717) is 17.0 Å². The largest absolute Gasteiger partial charge is 0.497 e. The minimum Gasteiger partial charge on any atom is -0.497 e. The molecule has 120 valence electrons. The lowest BCUT2D eigenvalue weighted by Crippen LogP contribution is -2.37. The molecule has 1 fully saturated rings. The van der Waals surface area contributed by atoms with Crippen LogP contribution in [-0.2, 0) is 4.79 Å². The monoisotopic (exact) mass is 378 g/mol. The zero-order valence-corrected chi connectivity index (χ0v) is 14.0. The van der Waals surface area contributed by atoms with E-state index in [1.807, 2.05) is 18.2 Å². The summed E-state index contributed by atoms with van der Waals surface area (Å²) in [4.78, 5) is 25.9. The summed E-state index contributed by atoms with van der Waals surface area (Å²) < 4.78 is 10.9. The van der Waals surface area contributed by atoms with Gasteiger partial charge in [-0.25, -0.2) is 0 Å². The van der Waals surface area contributed by atoms with Gasteiger partial charge in [0, 0.05) is 24.7 Å². The maximum atomic E-state index is 12.2. The van der Waals surface area contributed by atoms with Crippen molar-refractivity contribution in [1.82, 2.24) is 5.32 Å². The molecule has 6 nitrogen and oxygen atoms in total. The number of carbonyl (C=O) groups excluding carboxylic acids is 2. The number of hydrogen-bond donors (Lipinski definition) is 1. The zero-order chi connectivity index (χ0) is 16.4. The summed E-state index contributed by atoms with van der Waals surface area (Å²) in [7, 11) is 1.58. The fourth-order valence-corrected chi connectivity index (χ4v) is 2.83. The van der Waals surface area contributed by atoms with E-state index >= 15 is 0 Å². The molecule has 0 aliphatic carbocycles. The molecule has 2 amide bonds. The van der Waals surface area contributed by atoms with E-state index in [0.717, 1.165) is 5.69 Å². The molecule has 1 saturated heterocycles. The zero-order valence-electron chi connectivity index (χ0n) is 12.4. The van der Waals surface area contributed by atoms with Crippen LogP contribution in [0.15, 0.2) is 45.5 Å². The Morgan fingerprint density at radius 2 is 2.22 bits per heavy atom. The number of rotatable bonds is 4. The van der Waals surface area contributed by atoms with Gasteiger partial charge in [-0.05, 0) is 40.2 Å². The van der Waals surface area contributed by atoms with Gasteiger partial charge in [-0.3, -0.25) is 9.59 Å². The first kappa shape index (κ1) is 15.6. The summed E-state index contributed by atoms with van der Waals surface area (Å²) in [6, 6.07) is 10.3. The Balaban J connectivity index is 1.68. The fraction of sp³-hybridized carbons (Fsp3) is 0.250. The van der Waals surface area contributed by atoms with Crippen molar-refractivity contribution in [2.75, 3.05) is 18.6 Å². The summed E-state index contributed by atoms with van der Waals surface area (Å²) in [5.41, 5.74) is 0.756. The van der Waals surface area contributed by atoms with Crippen LogP contribution in [-0.4, -0.2) is 31.5 Å². The minimum atomic E-state index is -0.332. The molecule has 0 bridgehead atoms. The van der Waals surface area contributed by atoms with Crippen molar-refractivity contribution >= 4 is 33.4 Å². The van der Waals surface area contributed by atoms with Crippen LogP contribution in [0.1, 0.15) is 17.0 Å². The standard InChI is InChI=1S/C16H15BrN2O4/c1-22-12-4-2-3-11(8-12)19-9-10(7-15(19)20)18-16(21)13-5-6-14(17)23-13/h2-6,8,10H,7,9H2,1H3,(H,18,21)/t10-/m0/s1. The van der Waals surface area contributed by atoms with Crippen LogP contribution in [0.2, 0.25) is 0 Å². The quantitative estimate of drug-likeness (QED) is 0.887. The third kappa shape index (κ3) is 3.39. The van der Waals surface area contributed by atoms with Crippen molar-refractivity contribution < 1.29 is 18.7 Å². The molecule has 23 heavy (non-hydrogen) atoms. The van der Waals surface area contributed by atoms with E-state index in [1.165, 1.54) is 0 Å². The highest BCUT2D eigenvalue weighted by Gasteiger charge is 2.32. The number of amides is 2. The first-order valence-corrected chi connectivity index (χ1v) is 7.87. The Morgan fingerprint density at radius 1 is 1.39 bits per heavy atom. The number of methoxy groups -OCH3 is 1. The van der Waals surface area contributed by atoms with Gasteiger partial charge in [-0.15, -0.1) is 0 Å². The van der Waals surface area contributed by atoms with E-state index in [2.05, 4.69) is 21.2 Å². The molecule has 0 spiro atoms. The van der Waals surface area contributed by atoms with Crippen molar-refractivity contribution in [3.05, 3.63) is 46.8 Å². The van der Waals surface area contributed by atoms with Crippen LogP contribution in [0.4, 0.5) is 5.69 Å². The van der Waals surface area contributed by atoms with Crippen LogP contribution in [0.3, 0.4) is 0 Å². The van der Waals surface area contributed by atoms with Gasteiger partial charge < -0.3 is 19.4 Å². The predicted molar refractivity (Wildman–Crippen MR) is 87.6 cm³/mol. The summed E-state index contributed by atoms with van der Waals surface area (Å²) in [5, 5.41) is 2.82. The van der Waals surface area contributed by atoms with Crippen LogP contribution in [0.5, 0.6) is 5.75 Å². The van der Waals surface area contributed by atoms with Crippen LogP contribution < -0.4 is 15.0 Å². The van der Waals surface area contributed by atoms with Gasteiger partial charge in [-0.1, -0.05) is 6.07 Å².